The number of fused-ring (bicyclic) bond motifs is 1. The Hall–Kier alpha value is -2.07. The third-order valence-electron chi connectivity index (χ3n) is 3.16. The van der Waals surface area contributed by atoms with Crippen molar-refractivity contribution in [2.75, 3.05) is 7.11 Å². The second-order valence-corrected chi connectivity index (χ2v) is 4.77. The molecule has 0 aromatic heterocycles. The molecule has 1 unspecified atom stereocenters. The van der Waals surface area contributed by atoms with Gasteiger partial charge in [0, 0.05) is 0 Å². The summed E-state index contributed by atoms with van der Waals surface area (Å²) in [5, 5.41) is 20.9. The highest BCUT2D eigenvalue weighted by Gasteiger charge is 2.26. The smallest absolute Gasteiger partial charge is 0.306 e. The lowest BCUT2D eigenvalue weighted by molar-refractivity contribution is -0.142. The third kappa shape index (κ3) is 2.85. The van der Waals surface area contributed by atoms with E-state index in [0.29, 0.717) is 5.56 Å². The van der Waals surface area contributed by atoms with Crippen LogP contribution in [0.2, 0.25) is 0 Å². The van der Waals surface area contributed by atoms with Crippen LogP contribution in [0.5, 0.6) is 5.75 Å². The Labute approximate surface area is 111 Å². The number of ether oxygens (including phenoxy) is 1. The second kappa shape index (κ2) is 4.90. The summed E-state index contributed by atoms with van der Waals surface area (Å²) in [5.41, 5.74) is -0.785. The predicted molar refractivity (Wildman–Crippen MR) is 72.3 cm³/mol. The Morgan fingerprint density at radius 2 is 1.84 bits per heavy atom. The van der Waals surface area contributed by atoms with Crippen molar-refractivity contribution in [1.82, 2.24) is 0 Å². The number of carboxylic acids is 1. The fourth-order valence-corrected chi connectivity index (χ4v) is 2.08. The first-order valence-corrected chi connectivity index (χ1v) is 5.95. The number of carbonyl (C=O) groups is 1. The van der Waals surface area contributed by atoms with Crippen LogP contribution in [0.25, 0.3) is 10.8 Å². The summed E-state index contributed by atoms with van der Waals surface area (Å²) in [6.45, 7) is 1.51. The molecule has 100 valence electrons. The maximum absolute atomic E-state index is 10.8. The van der Waals surface area contributed by atoms with Crippen molar-refractivity contribution in [2.45, 2.75) is 18.9 Å². The van der Waals surface area contributed by atoms with E-state index in [4.69, 9.17) is 9.84 Å². The summed E-state index contributed by atoms with van der Waals surface area (Å²) in [6, 6.07) is 11.0. The average Bonchev–Trinajstić information content (AvgIpc) is 2.36. The highest BCUT2D eigenvalue weighted by Crippen LogP contribution is 2.29. The monoisotopic (exact) mass is 260 g/mol. The molecule has 4 nitrogen and oxygen atoms in total. The molecule has 2 aromatic carbocycles. The van der Waals surface area contributed by atoms with Crippen molar-refractivity contribution in [3.8, 4) is 5.75 Å². The molecule has 0 amide bonds. The number of aliphatic carboxylic acids is 1. The Kier molecular flexibility index (Phi) is 3.44. The summed E-state index contributed by atoms with van der Waals surface area (Å²) in [5.74, 6) is -0.266. The molecule has 0 aliphatic carbocycles. The lowest BCUT2D eigenvalue weighted by Crippen LogP contribution is -2.24. The normalized spacial score (nSPS) is 14.1. The fourth-order valence-electron chi connectivity index (χ4n) is 2.08. The number of rotatable bonds is 4. The molecule has 0 saturated carbocycles. The van der Waals surface area contributed by atoms with E-state index in [9.17, 15) is 9.90 Å². The zero-order valence-electron chi connectivity index (χ0n) is 10.9. The van der Waals surface area contributed by atoms with Crippen molar-refractivity contribution in [2.24, 2.45) is 0 Å². The van der Waals surface area contributed by atoms with Crippen LogP contribution in [0.1, 0.15) is 18.9 Å². The fraction of sp³-hybridized carbons (Fsp3) is 0.267. The highest BCUT2D eigenvalue weighted by atomic mass is 16.5. The van der Waals surface area contributed by atoms with Crippen LogP contribution in [0.4, 0.5) is 0 Å². The van der Waals surface area contributed by atoms with Gasteiger partial charge in [-0.1, -0.05) is 18.2 Å². The first-order valence-electron chi connectivity index (χ1n) is 5.95. The minimum atomic E-state index is -1.38. The molecule has 19 heavy (non-hydrogen) atoms. The number of benzene rings is 2. The molecule has 0 saturated heterocycles. The third-order valence-corrected chi connectivity index (χ3v) is 3.16. The van der Waals surface area contributed by atoms with E-state index >= 15 is 0 Å². The molecule has 0 heterocycles. The summed E-state index contributed by atoms with van der Waals surface area (Å²) < 4.78 is 5.15. The Balaban J connectivity index is 2.44. The molecule has 0 fully saturated rings. The predicted octanol–water partition coefficient (Wildman–Crippen LogP) is 2.53. The van der Waals surface area contributed by atoms with Gasteiger partial charge in [-0.2, -0.15) is 0 Å². The van der Waals surface area contributed by atoms with Crippen LogP contribution in [0.3, 0.4) is 0 Å². The minimum absolute atomic E-state index is 0.325. The van der Waals surface area contributed by atoms with Crippen molar-refractivity contribution in [3.05, 3.63) is 42.0 Å². The molecule has 4 heteroatoms. The van der Waals surface area contributed by atoms with Crippen LogP contribution in [0.15, 0.2) is 36.4 Å². The lowest BCUT2D eigenvalue weighted by atomic mass is 9.91. The van der Waals surface area contributed by atoms with Crippen LogP contribution in [-0.4, -0.2) is 23.3 Å². The van der Waals surface area contributed by atoms with Gasteiger partial charge in [0.1, 0.15) is 5.75 Å². The Bertz CT molecular complexity index is 617. The quantitative estimate of drug-likeness (QED) is 0.886. The minimum Gasteiger partial charge on any atom is -0.497 e. The first-order chi connectivity index (χ1) is 8.92. The van der Waals surface area contributed by atoms with Crippen molar-refractivity contribution in [1.29, 1.82) is 0 Å². The molecule has 1 atom stereocenters. The van der Waals surface area contributed by atoms with E-state index < -0.39 is 11.6 Å². The molecular weight excluding hydrogens is 244 g/mol. The number of aliphatic hydroxyl groups is 1. The molecule has 0 spiro atoms. The SMILES string of the molecule is COc1ccc2cc(C(C)(O)CC(=O)O)ccc2c1. The van der Waals surface area contributed by atoms with Gasteiger partial charge in [-0.3, -0.25) is 4.79 Å². The van der Waals surface area contributed by atoms with E-state index in [1.807, 2.05) is 24.3 Å². The number of hydrogen-bond donors (Lipinski definition) is 2. The maximum atomic E-state index is 10.8. The summed E-state index contributed by atoms with van der Waals surface area (Å²) >= 11 is 0. The van der Waals surface area contributed by atoms with E-state index in [0.717, 1.165) is 16.5 Å². The van der Waals surface area contributed by atoms with Crippen molar-refractivity contribution >= 4 is 16.7 Å². The van der Waals surface area contributed by atoms with Crippen LogP contribution >= 0.6 is 0 Å². The van der Waals surface area contributed by atoms with Gasteiger partial charge in [-0.05, 0) is 41.5 Å². The van der Waals surface area contributed by atoms with E-state index in [2.05, 4.69) is 0 Å². The standard InChI is InChI=1S/C15H16O4/c1-15(18,9-14(16)17)12-5-3-11-8-13(19-2)6-4-10(11)7-12/h3-8,18H,9H2,1-2H3,(H,16,17). The molecule has 0 aliphatic rings. The molecule has 2 N–H and O–H groups in total. The van der Waals surface area contributed by atoms with Gasteiger partial charge in [-0.15, -0.1) is 0 Å². The van der Waals surface area contributed by atoms with E-state index in [1.54, 1.807) is 19.2 Å². The molecular formula is C15H16O4. The number of hydrogen-bond acceptors (Lipinski definition) is 3. The Morgan fingerprint density at radius 1 is 1.21 bits per heavy atom. The topological polar surface area (TPSA) is 66.8 Å². The summed E-state index contributed by atoms with van der Waals surface area (Å²) in [4.78, 5) is 10.8. The highest BCUT2D eigenvalue weighted by molar-refractivity contribution is 5.85. The van der Waals surface area contributed by atoms with Crippen LogP contribution in [0, 0.1) is 0 Å². The average molecular weight is 260 g/mol. The zero-order chi connectivity index (χ0) is 14.0. The molecule has 0 bridgehead atoms. The molecule has 0 radical (unpaired) electrons. The van der Waals surface area contributed by atoms with Crippen molar-refractivity contribution < 1.29 is 19.7 Å². The van der Waals surface area contributed by atoms with E-state index in [1.165, 1.54) is 6.92 Å². The summed E-state index contributed by atoms with van der Waals surface area (Å²) in [6.07, 6.45) is -0.325. The second-order valence-electron chi connectivity index (χ2n) is 4.77. The van der Waals surface area contributed by atoms with Gasteiger partial charge in [0.25, 0.3) is 0 Å². The van der Waals surface area contributed by atoms with Gasteiger partial charge in [-0.25, -0.2) is 0 Å². The van der Waals surface area contributed by atoms with Gasteiger partial charge < -0.3 is 14.9 Å². The van der Waals surface area contributed by atoms with Crippen LogP contribution in [-0.2, 0) is 10.4 Å². The van der Waals surface area contributed by atoms with E-state index in [-0.39, 0.29) is 6.42 Å². The van der Waals surface area contributed by atoms with Gasteiger partial charge in [0.15, 0.2) is 0 Å². The van der Waals surface area contributed by atoms with Crippen LogP contribution < -0.4 is 4.74 Å². The number of methoxy groups -OCH3 is 1. The van der Waals surface area contributed by atoms with Gasteiger partial charge in [0.2, 0.25) is 0 Å². The van der Waals surface area contributed by atoms with Gasteiger partial charge >= 0.3 is 5.97 Å². The summed E-state index contributed by atoms with van der Waals surface area (Å²) in [7, 11) is 1.60. The maximum Gasteiger partial charge on any atom is 0.306 e. The number of carboxylic acid groups (broad SMARTS) is 1. The first kappa shape index (κ1) is 13.4. The van der Waals surface area contributed by atoms with Gasteiger partial charge in [0.05, 0.1) is 19.1 Å². The Morgan fingerprint density at radius 3 is 2.47 bits per heavy atom. The van der Waals surface area contributed by atoms with Crippen molar-refractivity contribution in [3.63, 3.8) is 0 Å². The molecule has 2 aromatic rings. The molecule has 0 aliphatic heterocycles. The zero-order valence-corrected chi connectivity index (χ0v) is 10.9. The largest absolute Gasteiger partial charge is 0.497 e. The molecule has 2 rings (SSSR count). The lowest BCUT2D eigenvalue weighted by Gasteiger charge is -2.22.